The highest BCUT2D eigenvalue weighted by molar-refractivity contribution is 6.30. The Hall–Kier alpha value is -1.55. The van der Waals surface area contributed by atoms with Gasteiger partial charge in [-0.1, -0.05) is 24.4 Å². The molecule has 5 heteroatoms. The van der Waals surface area contributed by atoms with Crippen LogP contribution in [0.3, 0.4) is 0 Å². The Morgan fingerprint density at radius 3 is 2.05 bits per heavy atom. The Labute approximate surface area is 116 Å². The molecule has 0 spiro atoms. The molecule has 2 amide bonds. The van der Waals surface area contributed by atoms with Gasteiger partial charge in [-0.3, -0.25) is 15.0 Å². The van der Waals surface area contributed by atoms with E-state index >= 15 is 0 Å². The number of benzene rings is 1. The van der Waals surface area contributed by atoms with Crippen LogP contribution in [0.5, 0.6) is 0 Å². The molecule has 1 aromatic carbocycles. The van der Waals surface area contributed by atoms with Gasteiger partial charge in [-0.25, -0.2) is 0 Å². The van der Waals surface area contributed by atoms with Crippen LogP contribution in [0.15, 0.2) is 24.3 Å². The van der Waals surface area contributed by atoms with Crippen LogP contribution in [-0.2, 0) is 9.59 Å². The number of rotatable bonds is 2. The number of nitrogens with zero attached hydrogens (tertiary/aromatic N) is 1. The van der Waals surface area contributed by atoms with Crippen LogP contribution in [0.1, 0.15) is 25.7 Å². The van der Waals surface area contributed by atoms with Crippen LogP contribution in [-0.4, -0.2) is 16.8 Å². The van der Waals surface area contributed by atoms with Crippen molar-refractivity contribution in [3.63, 3.8) is 0 Å². The molecule has 1 aromatic rings. The number of hydrogen-bond donors (Lipinski definition) is 1. The summed E-state index contributed by atoms with van der Waals surface area (Å²) < 4.78 is 0. The smallest absolute Gasteiger partial charge is 0.252 e. The van der Waals surface area contributed by atoms with Crippen molar-refractivity contribution < 1.29 is 9.59 Å². The van der Waals surface area contributed by atoms with Crippen molar-refractivity contribution in [3.8, 4) is 0 Å². The quantitative estimate of drug-likeness (QED) is 0.847. The summed E-state index contributed by atoms with van der Waals surface area (Å²) in [5.41, 5.74) is 3.60. The number of fused-ring (bicyclic) bond motifs is 1. The Kier molecular flexibility index (Phi) is 3.19. The number of carbonyl (C=O) groups is 2. The molecule has 2 unspecified atom stereocenters. The van der Waals surface area contributed by atoms with E-state index in [0.29, 0.717) is 10.7 Å². The fourth-order valence-corrected chi connectivity index (χ4v) is 3.05. The first-order chi connectivity index (χ1) is 9.16. The van der Waals surface area contributed by atoms with Gasteiger partial charge in [0.1, 0.15) is 0 Å². The van der Waals surface area contributed by atoms with Crippen molar-refractivity contribution in [3.05, 3.63) is 29.3 Å². The minimum atomic E-state index is -0.124. The van der Waals surface area contributed by atoms with Gasteiger partial charge in [0.2, 0.25) is 0 Å². The molecule has 2 atom stereocenters. The summed E-state index contributed by atoms with van der Waals surface area (Å²) in [5.74, 6) is -0.434. The van der Waals surface area contributed by atoms with Crippen molar-refractivity contribution in [1.82, 2.24) is 5.01 Å². The third-order valence-electron chi connectivity index (χ3n) is 3.93. The van der Waals surface area contributed by atoms with Gasteiger partial charge in [-0.05, 0) is 37.1 Å². The molecule has 3 rings (SSSR count). The summed E-state index contributed by atoms with van der Waals surface area (Å²) in [7, 11) is 0. The maximum Gasteiger partial charge on any atom is 0.252 e. The zero-order valence-electron chi connectivity index (χ0n) is 10.4. The maximum absolute atomic E-state index is 12.2. The SMILES string of the molecule is O=C1C2CCCCC2C(=O)N1Nc1ccc(Cl)cc1. The second-order valence-corrected chi connectivity index (χ2v) is 5.56. The zero-order chi connectivity index (χ0) is 13.4. The summed E-state index contributed by atoms with van der Waals surface area (Å²) in [5, 5.41) is 1.81. The van der Waals surface area contributed by atoms with Crippen molar-refractivity contribution in [2.75, 3.05) is 5.43 Å². The lowest BCUT2D eigenvalue weighted by atomic mass is 9.81. The Bertz CT molecular complexity index is 491. The lowest BCUT2D eigenvalue weighted by Gasteiger charge is -2.19. The van der Waals surface area contributed by atoms with E-state index < -0.39 is 0 Å². The number of hydrogen-bond acceptors (Lipinski definition) is 3. The standard InChI is InChI=1S/C14H15ClN2O2/c15-9-5-7-10(8-6-9)16-17-13(18)11-3-1-2-4-12(11)14(17)19/h5-8,11-12,16H,1-4H2. The Balaban J connectivity index is 1.79. The molecule has 19 heavy (non-hydrogen) atoms. The number of hydrazine groups is 1. The van der Waals surface area contributed by atoms with Crippen LogP contribution < -0.4 is 5.43 Å². The first kappa shape index (κ1) is 12.5. The lowest BCUT2D eigenvalue weighted by molar-refractivity contribution is -0.138. The first-order valence-corrected chi connectivity index (χ1v) is 6.94. The van der Waals surface area contributed by atoms with Crippen molar-refractivity contribution in [2.24, 2.45) is 11.8 Å². The summed E-state index contributed by atoms with van der Waals surface area (Å²) in [6.07, 6.45) is 3.73. The van der Waals surface area contributed by atoms with Crippen molar-refractivity contribution >= 4 is 29.1 Å². The highest BCUT2D eigenvalue weighted by atomic mass is 35.5. The minimum absolute atomic E-state index is 0.0929. The fraction of sp³-hybridized carbons (Fsp3) is 0.429. The molecular formula is C14H15ClN2O2. The second-order valence-electron chi connectivity index (χ2n) is 5.13. The van der Waals surface area contributed by atoms with Gasteiger partial charge in [0.05, 0.1) is 17.5 Å². The number of nitrogens with one attached hydrogen (secondary N) is 1. The maximum atomic E-state index is 12.2. The molecule has 1 saturated carbocycles. The van der Waals surface area contributed by atoms with E-state index in [0.717, 1.165) is 25.7 Å². The average Bonchev–Trinajstić information content (AvgIpc) is 2.67. The molecular weight excluding hydrogens is 264 g/mol. The first-order valence-electron chi connectivity index (χ1n) is 6.57. The zero-order valence-corrected chi connectivity index (χ0v) is 11.2. The van der Waals surface area contributed by atoms with E-state index in [1.165, 1.54) is 5.01 Å². The minimum Gasteiger partial charge on any atom is -0.289 e. The highest BCUT2D eigenvalue weighted by Crippen LogP contribution is 2.38. The van der Waals surface area contributed by atoms with Crippen LogP contribution in [0.4, 0.5) is 5.69 Å². The van der Waals surface area contributed by atoms with Crippen molar-refractivity contribution in [2.45, 2.75) is 25.7 Å². The monoisotopic (exact) mass is 278 g/mol. The summed E-state index contributed by atoms with van der Waals surface area (Å²) in [6, 6.07) is 6.96. The van der Waals surface area contributed by atoms with E-state index in [4.69, 9.17) is 11.6 Å². The molecule has 0 aromatic heterocycles. The number of imide groups is 1. The van der Waals surface area contributed by atoms with Crippen LogP contribution >= 0.6 is 11.6 Å². The summed E-state index contributed by atoms with van der Waals surface area (Å²) >= 11 is 5.81. The Morgan fingerprint density at radius 2 is 1.53 bits per heavy atom. The molecule has 1 aliphatic carbocycles. The molecule has 2 aliphatic rings. The topological polar surface area (TPSA) is 49.4 Å². The number of halogens is 1. The fourth-order valence-electron chi connectivity index (χ4n) is 2.93. The van der Waals surface area contributed by atoms with E-state index in [2.05, 4.69) is 5.43 Å². The van der Waals surface area contributed by atoms with Gasteiger partial charge < -0.3 is 0 Å². The molecule has 100 valence electrons. The van der Waals surface area contributed by atoms with Crippen LogP contribution in [0.2, 0.25) is 5.02 Å². The van der Waals surface area contributed by atoms with Gasteiger partial charge in [-0.15, -0.1) is 0 Å². The number of anilines is 1. The van der Waals surface area contributed by atoms with E-state index in [1.54, 1.807) is 24.3 Å². The number of amides is 2. The molecule has 4 nitrogen and oxygen atoms in total. The third kappa shape index (κ3) is 2.21. The van der Waals surface area contributed by atoms with Gasteiger partial charge in [-0.2, -0.15) is 5.01 Å². The largest absolute Gasteiger partial charge is 0.289 e. The van der Waals surface area contributed by atoms with Gasteiger partial charge in [0.15, 0.2) is 0 Å². The van der Waals surface area contributed by atoms with E-state index in [1.807, 2.05) is 0 Å². The Morgan fingerprint density at radius 1 is 1.00 bits per heavy atom. The molecule has 2 fully saturated rings. The number of carbonyl (C=O) groups excluding carboxylic acids is 2. The van der Waals surface area contributed by atoms with Crippen LogP contribution in [0.25, 0.3) is 0 Å². The molecule has 0 radical (unpaired) electrons. The van der Waals surface area contributed by atoms with Crippen LogP contribution in [0, 0.1) is 11.8 Å². The van der Waals surface area contributed by atoms with Gasteiger partial charge in [0.25, 0.3) is 11.8 Å². The third-order valence-corrected chi connectivity index (χ3v) is 4.18. The predicted octanol–water partition coefficient (Wildman–Crippen LogP) is 2.84. The molecule has 1 heterocycles. The molecule has 0 bridgehead atoms. The normalized spacial score (nSPS) is 26.5. The van der Waals surface area contributed by atoms with E-state index in [-0.39, 0.29) is 23.7 Å². The molecule has 1 aliphatic heterocycles. The average molecular weight is 279 g/mol. The lowest BCUT2D eigenvalue weighted by Crippen LogP contribution is -2.36. The molecule has 1 N–H and O–H groups in total. The molecule has 1 saturated heterocycles. The second kappa shape index (κ2) is 4.85. The van der Waals surface area contributed by atoms with Gasteiger partial charge >= 0.3 is 0 Å². The van der Waals surface area contributed by atoms with Gasteiger partial charge in [0, 0.05) is 5.02 Å². The predicted molar refractivity (Wildman–Crippen MR) is 72.4 cm³/mol. The van der Waals surface area contributed by atoms with Crippen molar-refractivity contribution in [1.29, 1.82) is 0 Å². The summed E-state index contributed by atoms with van der Waals surface area (Å²) in [4.78, 5) is 24.5. The van der Waals surface area contributed by atoms with E-state index in [9.17, 15) is 9.59 Å². The highest BCUT2D eigenvalue weighted by Gasteiger charge is 2.48. The summed E-state index contributed by atoms with van der Waals surface area (Å²) in [6.45, 7) is 0.